The maximum atomic E-state index is 9.24. The van der Waals surface area contributed by atoms with Gasteiger partial charge in [-0.05, 0) is 42.0 Å². The molecule has 0 fully saturated rings. The van der Waals surface area contributed by atoms with Gasteiger partial charge in [-0.1, -0.05) is 28.1 Å². The van der Waals surface area contributed by atoms with E-state index in [4.69, 9.17) is 5.26 Å². The molecule has 2 rings (SSSR count). The van der Waals surface area contributed by atoms with E-state index in [0.717, 1.165) is 15.7 Å². The van der Waals surface area contributed by atoms with Crippen LogP contribution >= 0.6 is 15.9 Å². The Balaban J connectivity index is 2.18. The zero-order valence-corrected chi connectivity index (χ0v) is 11.6. The fourth-order valence-corrected chi connectivity index (χ4v) is 1.92. The molecule has 0 aliphatic carbocycles. The Morgan fingerprint density at radius 2 is 1.58 bits per heavy atom. The largest absolute Gasteiger partial charge is 0.366 e. The molecule has 2 aromatic rings. The van der Waals surface area contributed by atoms with E-state index < -0.39 is 6.04 Å². The summed E-state index contributed by atoms with van der Waals surface area (Å²) in [6.07, 6.45) is 0. The average Bonchev–Trinajstić information content (AvgIpc) is 2.47. The predicted molar refractivity (Wildman–Crippen MR) is 77.3 cm³/mol. The molecule has 0 saturated heterocycles. The van der Waals surface area contributed by atoms with E-state index in [1.54, 1.807) is 24.3 Å². The van der Waals surface area contributed by atoms with Gasteiger partial charge in [0.2, 0.25) is 0 Å². The summed E-state index contributed by atoms with van der Waals surface area (Å²) in [6, 6.07) is 18.5. The van der Waals surface area contributed by atoms with Gasteiger partial charge in [0.25, 0.3) is 0 Å². The van der Waals surface area contributed by atoms with Crippen LogP contribution in [0.2, 0.25) is 0 Å². The molecule has 0 bridgehead atoms. The number of nitriles is 2. The summed E-state index contributed by atoms with van der Waals surface area (Å²) in [6.45, 7) is 0. The molecule has 92 valence electrons. The number of halogens is 1. The van der Waals surface area contributed by atoms with Crippen molar-refractivity contribution >= 4 is 21.6 Å². The van der Waals surface area contributed by atoms with Gasteiger partial charge in [0, 0.05) is 10.2 Å². The van der Waals surface area contributed by atoms with E-state index in [0.29, 0.717) is 5.56 Å². The lowest BCUT2D eigenvalue weighted by Gasteiger charge is -2.13. The lowest BCUT2D eigenvalue weighted by Crippen LogP contribution is -2.08. The smallest absolute Gasteiger partial charge is 0.140 e. The second-order valence-corrected chi connectivity index (χ2v) is 4.86. The predicted octanol–water partition coefficient (Wildman–Crippen LogP) is 4.00. The van der Waals surface area contributed by atoms with E-state index in [1.807, 2.05) is 24.3 Å². The number of nitrogens with one attached hydrogen (secondary N) is 1. The molecule has 1 N–H and O–H groups in total. The highest BCUT2D eigenvalue weighted by Crippen LogP contribution is 2.21. The Hall–Kier alpha value is -2.30. The normalized spacial score (nSPS) is 11.1. The van der Waals surface area contributed by atoms with Crippen LogP contribution in [0.4, 0.5) is 5.69 Å². The van der Waals surface area contributed by atoms with Gasteiger partial charge in [0.1, 0.15) is 6.04 Å². The Labute approximate surface area is 120 Å². The average molecular weight is 312 g/mol. The molecule has 0 aromatic heterocycles. The van der Waals surface area contributed by atoms with Crippen LogP contribution in [-0.4, -0.2) is 0 Å². The van der Waals surface area contributed by atoms with E-state index in [2.05, 4.69) is 33.4 Å². The van der Waals surface area contributed by atoms with Crippen LogP contribution in [0, 0.1) is 22.7 Å². The topological polar surface area (TPSA) is 59.6 Å². The van der Waals surface area contributed by atoms with Crippen molar-refractivity contribution in [2.45, 2.75) is 6.04 Å². The summed E-state index contributed by atoms with van der Waals surface area (Å²) in [5, 5.41) is 21.1. The Morgan fingerprint density at radius 3 is 2.11 bits per heavy atom. The van der Waals surface area contributed by atoms with Crippen molar-refractivity contribution < 1.29 is 0 Å². The fraction of sp³-hybridized carbons (Fsp3) is 0.0667. The third kappa shape index (κ3) is 3.34. The summed E-state index contributed by atoms with van der Waals surface area (Å²) in [4.78, 5) is 0. The first-order chi connectivity index (χ1) is 9.22. The second kappa shape index (κ2) is 6.04. The third-order valence-corrected chi connectivity index (χ3v) is 3.19. The zero-order valence-electron chi connectivity index (χ0n) is 9.97. The van der Waals surface area contributed by atoms with E-state index >= 15 is 0 Å². The van der Waals surface area contributed by atoms with Gasteiger partial charge in [0.15, 0.2) is 0 Å². The van der Waals surface area contributed by atoms with Crippen molar-refractivity contribution in [3.05, 3.63) is 64.1 Å². The van der Waals surface area contributed by atoms with Crippen molar-refractivity contribution in [2.75, 3.05) is 5.32 Å². The van der Waals surface area contributed by atoms with Crippen molar-refractivity contribution in [1.82, 2.24) is 0 Å². The first-order valence-electron chi connectivity index (χ1n) is 5.64. The SMILES string of the molecule is N#Cc1ccc(C(C#N)Nc2ccc(Br)cc2)cc1. The molecule has 0 amide bonds. The van der Waals surface area contributed by atoms with Gasteiger partial charge in [0.05, 0.1) is 17.7 Å². The van der Waals surface area contributed by atoms with Gasteiger partial charge in [-0.3, -0.25) is 0 Å². The van der Waals surface area contributed by atoms with Gasteiger partial charge in [-0.15, -0.1) is 0 Å². The lowest BCUT2D eigenvalue weighted by atomic mass is 10.1. The first-order valence-corrected chi connectivity index (χ1v) is 6.44. The molecule has 2 aromatic carbocycles. The van der Waals surface area contributed by atoms with E-state index in [9.17, 15) is 5.26 Å². The van der Waals surface area contributed by atoms with Gasteiger partial charge < -0.3 is 5.32 Å². The molecular weight excluding hydrogens is 302 g/mol. The summed E-state index contributed by atoms with van der Waals surface area (Å²) in [7, 11) is 0. The molecule has 4 heteroatoms. The molecular formula is C15H10BrN3. The fourth-order valence-electron chi connectivity index (χ4n) is 1.65. The standard InChI is InChI=1S/C15H10BrN3/c16-13-5-7-14(8-6-13)19-15(10-18)12-3-1-11(9-17)2-4-12/h1-8,15,19H. The Kier molecular flexibility index (Phi) is 4.18. The molecule has 0 spiro atoms. The van der Waals surface area contributed by atoms with Crippen molar-refractivity contribution in [2.24, 2.45) is 0 Å². The summed E-state index contributed by atoms with van der Waals surface area (Å²) in [5.41, 5.74) is 2.30. The van der Waals surface area contributed by atoms with Gasteiger partial charge >= 0.3 is 0 Å². The van der Waals surface area contributed by atoms with Crippen LogP contribution in [0.1, 0.15) is 17.2 Å². The maximum absolute atomic E-state index is 9.24. The van der Waals surface area contributed by atoms with E-state index in [1.165, 1.54) is 0 Å². The number of hydrogen-bond acceptors (Lipinski definition) is 3. The molecule has 0 aliphatic rings. The van der Waals surface area contributed by atoms with Crippen LogP contribution in [0.15, 0.2) is 53.0 Å². The summed E-state index contributed by atoms with van der Waals surface area (Å²) >= 11 is 3.37. The molecule has 0 radical (unpaired) electrons. The molecule has 3 nitrogen and oxygen atoms in total. The molecule has 0 heterocycles. The first kappa shape index (κ1) is 13.1. The molecule has 19 heavy (non-hydrogen) atoms. The van der Waals surface area contributed by atoms with Crippen LogP contribution in [0.5, 0.6) is 0 Å². The molecule has 0 saturated carbocycles. The van der Waals surface area contributed by atoms with Gasteiger partial charge in [-0.25, -0.2) is 0 Å². The molecule has 1 atom stereocenters. The molecule has 0 aliphatic heterocycles. The highest BCUT2D eigenvalue weighted by molar-refractivity contribution is 9.10. The highest BCUT2D eigenvalue weighted by atomic mass is 79.9. The minimum Gasteiger partial charge on any atom is -0.366 e. The van der Waals surface area contributed by atoms with Crippen LogP contribution in [-0.2, 0) is 0 Å². The number of rotatable bonds is 3. The number of anilines is 1. The lowest BCUT2D eigenvalue weighted by molar-refractivity contribution is 0.997. The van der Waals surface area contributed by atoms with Gasteiger partial charge in [-0.2, -0.15) is 10.5 Å². The summed E-state index contributed by atoms with van der Waals surface area (Å²) < 4.78 is 0.991. The second-order valence-electron chi connectivity index (χ2n) is 3.95. The van der Waals surface area contributed by atoms with Crippen LogP contribution in [0.3, 0.4) is 0 Å². The minimum absolute atomic E-state index is 0.436. The quantitative estimate of drug-likeness (QED) is 0.932. The number of benzene rings is 2. The number of nitrogens with zero attached hydrogens (tertiary/aromatic N) is 2. The Morgan fingerprint density at radius 1 is 0.947 bits per heavy atom. The Bertz CT molecular complexity index is 633. The zero-order chi connectivity index (χ0) is 13.7. The molecule has 1 unspecified atom stereocenters. The van der Waals surface area contributed by atoms with Crippen molar-refractivity contribution in [3.63, 3.8) is 0 Å². The third-order valence-electron chi connectivity index (χ3n) is 2.66. The van der Waals surface area contributed by atoms with Crippen molar-refractivity contribution in [1.29, 1.82) is 10.5 Å². The van der Waals surface area contributed by atoms with Crippen LogP contribution in [0.25, 0.3) is 0 Å². The number of hydrogen-bond donors (Lipinski definition) is 1. The maximum Gasteiger partial charge on any atom is 0.140 e. The highest BCUT2D eigenvalue weighted by Gasteiger charge is 2.09. The summed E-state index contributed by atoms with van der Waals surface area (Å²) in [5.74, 6) is 0. The van der Waals surface area contributed by atoms with Crippen LogP contribution < -0.4 is 5.32 Å². The minimum atomic E-state index is -0.436. The van der Waals surface area contributed by atoms with E-state index in [-0.39, 0.29) is 0 Å². The monoisotopic (exact) mass is 311 g/mol. The van der Waals surface area contributed by atoms with Crippen molar-refractivity contribution in [3.8, 4) is 12.1 Å².